The Balaban J connectivity index is 2.27. The maximum atomic E-state index is 11.6. The summed E-state index contributed by atoms with van der Waals surface area (Å²) in [7, 11) is 1.64. The second-order valence-electron chi connectivity index (χ2n) is 3.71. The third-order valence-electron chi connectivity index (χ3n) is 2.25. The second-order valence-corrected chi connectivity index (χ2v) is 3.71. The van der Waals surface area contributed by atoms with E-state index < -0.39 is 6.10 Å². The minimum atomic E-state index is -0.486. The van der Waals surface area contributed by atoms with Crippen LogP contribution in [0.4, 0.5) is 0 Å². The van der Waals surface area contributed by atoms with Gasteiger partial charge in [-0.2, -0.15) is 0 Å². The molecule has 1 aromatic carbocycles. The standard InChI is InChI=1S/C13H19NO3/c1-11(13(15)14-9-6-10-16-2)17-12-7-4-3-5-8-12/h3-5,7-8,11H,6,9-10H2,1-2H3,(H,14,15)/t11-/m0/s1. The number of benzene rings is 1. The van der Waals surface area contributed by atoms with Gasteiger partial charge in [-0.3, -0.25) is 4.79 Å². The lowest BCUT2D eigenvalue weighted by Gasteiger charge is -2.14. The van der Waals surface area contributed by atoms with E-state index in [-0.39, 0.29) is 5.91 Å². The van der Waals surface area contributed by atoms with Crippen molar-refractivity contribution in [3.8, 4) is 5.75 Å². The average molecular weight is 237 g/mol. The predicted molar refractivity (Wildman–Crippen MR) is 66.0 cm³/mol. The molecular formula is C13H19NO3. The third kappa shape index (κ3) is 5.36. The van der Waals surface area contributed by atoms with Gasteiger partial charge >= 0.3 is 0 Å². The van der Waals surface area contributed by atoms with Gasteiger partial charge in [0, 0.05) is 20.3 Å². The van der Waals surface area contributed by atoms with Gasteiger partial charge in [-0.1, -0.05) is 18.2 Å². The average Bonchev–Trinajstić information content (AvgIpc) is 2.35. The van der Waals surface area contributed by atoms with E-state index in [1.165, 1.54) is 0 Å². The maximum Gasteiger partial charge on any atom is 0.260 e. The Bertz CT molecular complexity index is 327. The maximum absolute atomic E-state index is 11.6. The van der Waals surface area contributed by atoms with E-state index in [0.717, 1.165) is 6.42 Å². The van der Waals surface area contributed by atoms with E-state index in [9.17, 15) is 4.79 Å². The van der Waals surface area contributed by atoms with Crippen LogP contribution in [-0.4, -0.2) is 32.3 Å². The molecule has 0 aliphatic rings. The summed E-state index contributed by atoms with van der Waals surface area (Å²) >= 11 is 0. The number of ether oxygens (including phenoxy) is 2. The van der Waals surface area contributed by atoms with Gasteiger partial charge in [-0.05, 0) is 25.5 Å². The van der Waals surface area contributed by atoms with E-state index in [0.29, 0.717) is 18.9 Å². The van der Waals surface area contributed by atoms with Crippen molar-refractivity contribution in [1.82, 2.24) is 5.32 Å². The Morgan fingerprint density at radius 3 is 2.71 bits per heavy atom. The van der Waals surface area contributed by atoms with Crippen LogP contribution in [0.1, 0.15) is 13.3 Å². The topological polar surface area (TPSA) is 47.6 Å². The summed E-state index contributed by atoms with van der Waals surface area (Å²) in [5.41, 5.74) is 0. The second kappa shape index (κ2) is 7.68. The summed E-state index contributed by atoms with van der Waals surface area (Å²) in [6.45, 7) is 2.99. The van der Waals surface area contributed by atoms with Crippen LogP contribution in [-0.2, 0) is 9.53 Å². The van der Waals surface area contributed by atoms with Gasteiger partial charge < -0.3 is 14.8 Å². The number of nitrogens with one attached hydrogen (secondary N) is 1. The Morgan fingerprint density at radius 2 is 2.06 bits per heavy atom. The lowest BCUT2D eigenvalue weighted by molar-refractivity contribution is -0.127. The number of amides is 1. The highest BCUT2D eigenvalue weighted by Gasteiger charge is 2.13. The summed E-state index contributed by atoms with van der Waals surface area (Å²) in [5, 5.41) is 2.79. The molecule has 1 atom stereocenters. The molecule has 0 aliphatic heterocycles. The Labute approximate surface area is 102 Å². The summed E-state index contributed by atoms with van der Waals surface area (Å²) in [6, 6.07) is 9.31. The molecule has 1 N–H and O–H groups in total. The highest BCUT2D eigenvalue weighted by atomic mass is 16.5. The molecule has 0 saturated heterocycles. The summed E-state index contributed by atoms with van der Waals surface area (Å²) in [6.07, 6.45) is 0.320. The summed E-state index contributed by atoms with van der Waals surface area (Å²) < 4.78 is 10.4. The summed E-state index contributed by atoms with van der Waals surface area (Å²) in [4.78, 5) is 11.6. The SMILES string of the molecule is COCCCNC(=O)[C@H](C)Oc1ccccc1. The Morgan fingerprint density at radius 1 is 1.35 bits per heavy atom. The first-order chi connectivity index (χ1) is 8.24. The molecule has 1 rings (SSSR count). The minimum absolute atomic E-state index is 0.107. The van der Waals surface area contributed by atoms with Gasteiger partial charge in [0.2, 0.25) is 0 Å². The molecule has 1 amide bonds. The first-order valence-electron chi connectivity index (χ1n) is 5.72. The van der Waals surface area contributed by atoms with Crippen molar-refractivity contribution >= 4 is 5.91 Å². The molecule has 0 radical (unpaired) electrons. The van der Waals surface area contributed by atoms with Gasteiger partial charge in [0.05, 0.1) is 0 Å². The number of para-hydroxylation sites is 1. The lowest BCUT2D eigenvalue weighted by atomic mass is 10.3. The molecule has 0 unspecified atom stereocenters. The molecule has 0 saturated carbocycles. The first-order valence-corrected chi connectivity index (χ1v) is 5.72. The minimum Gasteiger partial charge on any atom is -0.481 e. The number of carbonyl (C=O) groups excluding carboxylic acids is 1. The molecule has 1 aromatic rings. The lowest BCUT2D eigenvalue weighted by Crippen LogP contribution is -2.37. The highest BCUT2D eigenvalue weighted by molar-refractivity contribution is 5.80. The molecule has 0 spiro atoms. The molecule has 0 fully saturated rings. The number of hydrogen-bond donors (Lipinski definition) is 1. The van der Waals surface area contributed by atoms with Crippen molar-refractivity contribution < 1.29 is 14.3 Å². The number of hydrogen-bond acceptors (Lipinski definition) is 3. The molecule has 17 heavy (non-hydrogen) atoms. The van der Waals surface area contributed by atoms with Gasteiger partial charge in [-0.25, -0.2) is 0 Å². The van der Waals surface area contributed by atoms with Gasteiger partial charge in [0.15, 0.2) is 6.10 Å². The highest BCUT2D eigenvalue weighted by Crippen LogP contribution is 2.10. The van der Waals surface area contributed by atoms with Crippen LogP contribution in [0.2, 0.25) is 0 Å². The quantitative estimate of drug-likeness (QED) is 0.733. The molecule has 94 valence electrons. The zero-order valence-corrected chi connectivity index (χ0v) is 10.3. The predicted octanol–water partition coefficient (Wildman–Crippen LogP) is 1.61. The number of rotatable bonds is 7. The zero-order valence-electron chi connectivity index (χ0n) is 10.3. The molecule has 0 bridgehead atoms. The molecule has 4 nitrogen and oxygen atoms in total. The van der Waals surface area contributed by atoms with Crippen LogP contribution >= 0.6 is 0 Å². The molecule has 0 heterocycles. The monoisotopic (exact) mass is 237 g/mol. The van der Waals surface area contributed by atoms with Crippen molar-refractivity contribution in [2.24, 2.45) is 0 Å². The van der Waals surface area contributed by atoms with Crippen molar-refractivity contribution in [3.05, 3.63) is 30.3 Å². The van der Waals surface area contributed by atoms with Gasteiger partial charge in [0.25, 0.3) is 5.91 Å². The van der Waals surface area contributed by atoms with Crippen LogP contribution in [0, 0.1) is 0 Å². The Kier molecular flexibility index (Phi) is 6.10. The van der Waals surface area contributed by atoms with Crippen LogP contribution in [0.3, 0.4) is 0 Å². The molecule has 0 aliphatic carbocycles. The third-order valence-corrected chi connectivity index (χ3v) is 2.25. The number of methoxy groups -OCH3 is 1. The van der Waals surface area contributed by atoms with Crippen LogP contribution in [0.25, 0.3) is 0 Å². The first kappa shape index (κ1) is 13.5. The van der Waals surface area contributed by atoms with E-state index in [1.807, 2.05) is 30.3 Å². The largest absolute Gasteiger partial charge is 0.481 e. The van der Waals surface area contributed by atoms with E-state index in [4.69, 9.17) is 9.47 Å². The number of carbonyl (C=O) groups is 1. The fourth-order valence-corrected chi connectivity index (χ4v) is 1.33. The fourth-order valence-electron chi connectivity index (χ4n) is 1.33. The van der Waals surface area contributed by atoms with Crippen molar-refractivity contribution in [2.45, 2.75) is 19.4 Å². The molecular weight excluding hydrogens is 218 g/mol. The van der Waals surface area contributed by atoms with Crippen molar-refractivity contribution in [3.63, 3.8) is 0 Å². The molecule has 0 aromatic heterocycles. The van der Waals surface area contributed by atoms with Crippen molar-refractivity contribution in [1.29, 1.82) is 0 Å². The smallest absolute Gasteiger partial charge is 0.260 e. The van der Waals surface area contributed by atoms with Crippen LogP contribution in [0.5, 0.6) is 5.75 Å². The zero-order chi connectivity index (χ0) is 12.5. The van der Waals surface area contributed by atoms with E-state index in [1.54, 1.807) is 14.0 Å². The normalized spacial score (nSPS) is 11.9. The van der Waals surface area contributed by atoms with Gasteiger partial charge in [-0.15, -0.1) is 0 Å². The van der Waals surface area contributed by atoms with Gasteiger partial charge in [0.1, 0.15) is 5.75 Å². The van der Waals surface area contributed by atoms with E-state index in [2.05, 4.69) is 5.32 Å². The van der Waals surface area contributed by atoms with Crippen molar-refractivity contribution in [2.75, 3.05) is 20.3 Å². The van der Waals surface area contributed by atoms with E-state index >= 15 is 0 Å². The summed E-state index contributed by atoms with van der Waals surface area (Å²) in [5.74, 6) is 0.594. The van der Waals surface area contributed by atoms with Crippen LogP contribution in [0.15, 0.2) is 30.3 Å². The Hall–Kier alpha value is -1.55. The van der Waals surface area contributed by atoms with Crippen LogP contribution < -0.4 is 10.1 Å². The molecule has 4 heteroatoms. The fraction of sp³-hybridized carbons (Fsp3) is 0.462.